The SMILES string of the molecule is CCCCN(CCCC)c1ccc2c(c1)Oc1cc(C)c(Cl)cc1C21OC(=O)c2ccccc21. The number of esters is 1. The van der Waals surface area contributed by atoms with Crippen LogP contribution < -0.4 is 9.64 Å². The van der Waals surface area contributed by atoms with Gasteiger partial charge in [-0.05, 0) is 55.7 Å². The van der Waals surface area contributed by atoms with Gasteiger partial charge in [0.1, 0.15) is 11.5 Å². The molecule has 3 aromatic carbocycles. The van der Waals surface area contributed by atoms with Crippen LogP contribution in [0.4, 0.5) is 5.69 Å². The van der Waals surface area contributed by atoms with Crippen molar-refractivity contribution in [1.82, 2.24) is 0 Å². The van der Waals surface area contributed by atoms with Crippen molar-refractivity contribution in [1.29, 1.82) is 0 Å². The molecule has 0 aromatic heterocycles. The average molecular weight is 476 g/mol. The Labute approximate surface area is 206 Å². The number of fused-ring (bicyclic) bond motifs is 6. The summed E-state index contributed by atoms with van der Waals surface area (Å²) in [5.74, 6) is 1.06. The fourth-order valence-corrected chi connectivity index (χ4v) is 5.21. The number of benzene rings is 3. The summed E-state index contributed by atoms with van der Waals surface area (Å²) < 4.78 is 12.7. The standard InChI is InChI=1S/C29H30ClNO3/c1-4-6-14-31(15-7-5-2)20-12-13-23-27(17-20)33-26-16-19(3)25(30)18-24(26)29(23)22-11-9-8-10-21(22)28(32)34-29/h8-13,16-18H,4-7,14-15H2,1-3H3. The number of anilines is 1. The van der Waals surface area contributed by atoms with Gasteiger partial charge in [0.25, 0.3) is 0 Å². The number of carbonyl (C=O) groups excluding carboxylic acids is 1. The zero-order valence-electron chi connectivity index (χ0n) is 20.0. The van der Waals surface area contributed by atoms with Gasteiger partial charge < -0.3 is 14.4 Å². The Balaban J connectivity index is 1.70. The lowest BCUT2D eigenvalue weighted by Crippen LogP contribution is -2.33. The second-order valence-electron chi connectivity index (χ2n) is 9.19. The predicted molar refractivity (Wildman–Crippen MR) is 136 cm³/mol. The summed E-state index contributed by atoms with van der Waals surface area (Å²) in [6.07, 6.45) is 4.56. The Morgan fingerprint density at radius 2 is 1.59 bits per heavy atom. The number of carbonyl (C=O) groups is 1. The third-order valence-electron chi connectivity index (χ3n) is 6.90. The van der Waals surface area contributed by atoms with Gasteiger partial charge in [0.05, 0.1) is 5.56 Å². The van der Waals surface area contributed by atoms with Gasteiger partial charge in [0.2, 0.25) is 0 Å². The molecule has 4 nitrogen and oxygen atoms in total. The lowest BCUT2D eigenvalue weighted by Gasteiger charge is -2.37. The number of nitrogens with zero attached hydrogens (tertiary/aromatic N) is 1. The molecule has 3 aromatic rings. The molecule has 2 aliphatic heterocycles. The maximum absolute atomic E-state index is 13.0. The van der Waals surface area contributed by atoms with E-state index in [4.69, 9.17) is 21.1 Å². The van der Waals surface area contributed by atoms with Crippen LogP contribution in [0.15, 0.2) is 54.6 Å². The first kappa shape index (κ1) is 22.8. The van der Waals surface area contributed by atoms with Crippen molar-refractivity contribution in [2.45, 2.75) is 52.1 Å². The molecule has 0 saturated carbocycles. The maximum Gasteiger partial charge on any atom is 0.340 e. The summed E-state index contributed by atoms with van der Waals surface area (Å²) >= 11 is 6.56. The molecule has 5 rings (SSSR count). The Kier molecular flexibility index (Phi) is 6.03. The normalized spacial score (nSPS) is 17.6. The van der Waals surface area contributed by atoms with Gasteiger partial charge in [0.15, 0.2) is 5.60 Å². The first-order valence-corrected chi connectivity index (χ1v) is 12.6. The molecule has 5 heteroatoms. The zero-order valence-corrected chi connectivity index (χ0v) is 20.7. The second-order valence-corrected chi connectivity index (χ2v) is 9.60. The van der Waals surface area contributed by atoms with Crippen LogP contribution in [0, 0.1) is 6.92 Å². The van der Waals surface area contributed by atoms with Crippen molar-refractivity contribution < 1.29 is 14.3 Å². The molecule has 0 N–H and O–H groups in total. The summed E-state index contributed by atoms with van der Waals surface area (Å²) in [6.45, 7) is 8.39. The van der Waals surface area contributed by atoms with Crippen molar-refractivity contribution >= 4 is 23.3 Å². The molecule has 0 fully saturated rings. The highest BCUT2D eigenvalue weighted by atomic mass is 35.5. The molecule has 0 amide bonds. The zero-order chi connectivity index (χ0) is 23.9. The number of hydrogen-bond acceptors (Lipinski definition) is 4. The van der Waals surface area contributed by atoms with Crippen molar-refractivity contribution in [2.24, 2.45) is 0 Å². The molecule has 0 aliphatic carbocycles. The monoisotopic (exact) mass is 475 g/mol. The van der Waals surface area contributed by atoms with E-state index in [1.165, 1.54) is 0 Å². The first-order chi connectivity index (χ1) is 16.5. The molecule has 34 heavy (non-hydrogen) atoms. The van der Waals surface area contributed by atoms with E-state index in [0.717, 1.165) is 66.7 Å². The van der Waals surface area contributed by atoms with Crippen molar-refractivity contribution in [2.75, 3.05) is 18.0 Å². The van der Waals surface area contributed by atoms with E-state index in [1.54, 1.807) is 0 Å². The molecule has 1 atom stereocenters. The molecule has 2 heterocycles. The van der Waals surface area contributed by atoms with E-state index < -0.39 is 5.60 Å². The third-order valence-corrected chi connectivity index (χ3v) is 7.31. The first-order valence-electron chi connectivity index (χ1n) is 12.2. The van der Waals surface area contributed by atoms with Crippen LogP contribution in [0.1, 0.15) is 72.1 Å². The van der Waals surface area contributed by atoms with Crippen LogP contribution in [0.5, 0.6) is 11.5 Å². The van der Waals surface area contributed by atoms with Crippen molar-refractivity contribution in [3.8, 4) is 11.5 Å². The third kappa shape index (κ3) is 3.56. The van der Waals surface area contributed by atoms with E-state index in [9.17, 15) is 4.79 Å². The van der Waals surface area contributed by atoms with E-state index in [2.05, 4.69) is 36.9 Å². The van der Waals surface area contributed by atoms with Gasteiger partial charge in [-0.25, -0.2) is 4.79 Å². The van der Waals surface area contributed by atoms with Crippen molar-refractivity contribution in [3.63, 3.8) is 0 Å². The Hall–Kier alpha value is -2.98. The number of halogens is 1. The quantitative estimate of drug-likeness (QED) is 0.329. The Morgan fingerprint density at radius 3 is 2.32 bits per heavy atom. The molecule has 0 saturated heterocycles. The second kappa shape index (κ2) is 8.99. The average Bonchev–Trinajstić information content (AvgIpc) is 3.13. The van der Waals surface area contributed by atoms with E-state index in [-0.39, 0.29) is 5.97 Å². The predicted octanol–water partition coefficient (Wildman–Crippen LogP) is 7.62. The number of hydrogen-bond donors (Lipinski definition) is 0. The van der Waals surface area contributed by atoms with E-state index in [0.29, 0.717) is 22.1 Å². The summed E-state index contributed by atoms with van der Waals surface area (Å²) in [6, 6.07) is 17.7. The summed E-state index contributed by atoms with van der Waals surface area (Å²) in [5, 5.41) is 0.618. The number of rotatable bonds is 7. The highest BCUT2D eigenvalue weighted by molar-refractivity contribution is 6.31. The minimum atomic E-state index is -1.08. The summed E-state index contributed by atoms with van der Waals surface area (Å²) in [5.41, 5.74) is 3.96. The van der Waals surface area contributed by atoms with Crippen LogP contribution in [0.2, 0.25) is 5.02 Å². The van der Waals surface area contributed by atoms with Crippen LogP contribution >= 0.6 is 11.6 Å². The van der Waals surface area contributed by atoms with Crippen molar-refractivity contribution in [3.05, 3.63) is 87.4 Å². The molecular formula is C29H30ClNO3. The topological polar surface area (TPSA) is 38.8 Å². The maximum atomic E-state index is 13.0. The van der Waals surface area contributed by atoms with Crippen LogP contribution in [-0.4, -0.2) is 19.1 Å². The summed E-state index contributed by atoms with van der Waals surface area (Å²) in [7, 11) is 0. The molecule has 176 valence electrons. The molecule has 2 aliphatic rings. The minimum Gasteiger partial charge on any atom is -0.456 e. The van der Waals surface area contributed by atoms with Gasteiger partial charge >= 0.3 is 5.97 Å². The Morgan fingerprint density at radius 1 is 0.882 bits per heavy atom. The fourth-order valence-electron chi connectivity index (χ4n) is 5.05. The highest BCUT2D eigenvalue weighted by Gasteiger charge is 2.53. The van der Waals surface area contributed by atoms with Crippen LogP contribution in [-0.2, 0) is 10.3 Å². The van der Waals surface area contributed by atoms with Crippen LogP contribution in [0.3, 0.4) is 0 Å². The lowest BCUT2D eigenvalue weighted by atomic mass is 9.77. The van der Waals surface area contributed by atoms with Crippen LogP contribution in [0.25, 0.3) is 0 Å². The highest BCUT2D eigenvalue weighted by Crippen LogP contribution is 2.57. The summed E-state index contributed by atoms with van der Waals surface area (Å²) in [4.78, 5) is 15.4. The minimum absolute atomic E-state index is 0.331. The fraction of sp³-hybridized carbons (Fsp3) is 0.345. The van der Waals surface area contributed by atoms with E-state index >= 15 is 0 Å². The van der Waals surface area contributed by atoms with Gasteiger partial charge in [-0.2, -0.15) is 0 Å². The number of ether oxygens (including phenoxy) is 2. The van der Waals surface area contributed by atoms with E-state index in [1.807, 2.05) is 43.3 Å². The Bertz CT molecular complexity index is 1250. The van der Waals surface area contributed by atoms with Gasteiger partial charge in [0, 0.05) is 46.6 Å². The van der Waals surface area contributed by atoms with Gasteiger partial charge in [-0.3, -0.25) is 0 Å². The molecule has 1 spiro atoms. The molecular weight excluding hydrogens is 446 g/mol. The number of unbranched alkanes of at least 4 members (excludes halogenated alkanes) is 2. The van der Waals surface area contributed by atoms with Gasteiger partial charge in [-0.1, -0.05) is 56.5 Å². The molecule has 0 bridgehead atoms. The largest absolute Gasteiger partial charge is 0.456 e. The smallest absolute Gasteiger partial charge is 0.340 e. The molecule has 1 unspecified atom stereocenters. The lowest BCUT2D eigenvalue weighted by molar-refractivity contribution is 0.0224. The van der Waals surface area contributed by atoms with Gasteiger partial charge in [-0.15, -0.1) is 0 Å². The number of aryl methyl sites for hydroxylation is 1. The molecule has 0 radical (unpaired) electrons.